The summed E-state index contributed by atoms with van der Waals surface area (Å²) >= 11 is 1.41. The van der Waals surface area contributed by atoms with Crippen molar-refractivity contribution >= 4 is 17.7 Å². The second-order valence-corrected chi connectivity index (χ2v) is 6.02. The van der Waals surface area contributed by atoms with Gasteiger partial charge in [0.1, 0.15) is 5.25 Å². The van der Waals surface area contributed by atoms with Crippen LogP contribution in [0.1, 0.15) is 46.5 Å². The number of esters is 1. The molecule has 18 heavy (non-hydrogen) atoms. The van der Waals surface area contributed by atoms with E-state index in [0.717, 1.165) is 0 Å². The van der Waals surface area contributed by atoms with Crippen molar-refractivity contribution in [3.05, 3.63) is 0 Å². The highest BCUT2D eigenvalue weighted by atomic mass is 32.2. The summed E-state index contributed by atoms with van der Waals surface area (Å²) in [5.41, 5.74) is 0. The van der Waals surface area contributed by atoms with Crippen LogP contribution in [-0.2, 0) is 9.53 Å². The zero-order valence-electron chi connectivity index (χ0n) is 11.7. The first-order valence-electron chi connectivity index (χ1n) is 6.41. The molecule has 1 unspecified atom stereocenters. The molecule has 0 aromatic carbocycles. The van der Waals surface area contributed by atoms with Gasteiger partial charge in [-0.15, -0.1) is 11.8 Å². The Kier molecular flexibility index (Phi) is 8.57. The lowest BCUT2D eigenvalue weighted by Crippen LogP contribution is -2.25. The van der Waals surface area contributed by atoms with Crippen molar-refractivity contribution in [2.24, 2.45) is 5.92 Å². The van der Waals surface area contributed by atoms with Crippen molar-refractivity contribution in [3.63, 3.8) is 0 Å². The van der Waals surface area contributed by atoms with E-state index in [1.165, 1.54) is 18.9 Å². The second-order valence-electron chi connectivity index (χ2n) is 4.77. The average Bonchev–Trinajstić information content (AvgIpc) is 2.27. The minimum absolute atomic E-state index is 0.0533. The molecule has 0 aromatic heterocycles. The van der Waals surface area contributed by atoms with Gasteiger partial charge < -0.3 is 4.74 Å². The largest absolute Gasteiger partial charge is 0.468 e. The van der Waals surface area contributed by atoms with Crippen LogP contribution in [0.5, 0.6) is 0 Å². The van der Waals surface area contributed by atoms with Gasteiger partial charge in [0.15, 0.2) is 0 Å². The number of alkyl halides is 2. The van der Waals surface area contributed by atoms with Crippen molar-refractivity contribution < 1.29 is 18.3 Å². The molecule has 0 aliphatic rings. The fraction of sp³-hybridized carbons (Fsp3) is 0.923. The number of carbonyl (C=O) groups is 1. The molecule has 0 aromatic rings. The van der Waals surface area contributed by atoms with Gasteiger partial charge in [0, 0.05) is 12.8 Å². The van der Waals surface area contributed by atoms with E-state index in [1.807, 2.05) is 13.8 Å². The molecule has 0 N–H and O–H groups in total. The van der Waals surface area contributed by atoms with Crippen LogP contribution in [0.2, 0.25) is 0 Å². The molecule has 0 saturated carbocycles. The van der Waals surface area contributed by atoms with Crippen molar-refractivity contribution in [2.75, 3.05) is 12.9 Å². The summed E-state index contributed by atoms with van der Waals surface area (Å²) in [6.45, 7) is 5.62. The molecule has 0 bridgehead atoms. The molecule has 0 saturated heterocycles. The number of halogens is 2. The van der Waals surface area contributed by atoms with Crippen molar-refractivity contribution in [1.82, 2.24) is 0 Å². The maximum absolute atomic E-state index is 13.2. The SMILES string of the molecule is CCCC(F)(F)CCCSC(C(=O)OC)C(C)C. The fourth-order valence-corrected chi connectivity index (χ4v) is 2.86. The predicted octanol–water partition coefficient (Wildman–Crippen LogP) is 4.13. The van der Waals surface area contributed by atoms with Gasteiger partial charge in [-0.2, -0.15) is 0 Å². The Morgan fingerprint density at radius 2 is 1.94 bits per heavy atom. The molecule has 0 radical (unpaired) electrons. The molecule has 5 heteroatoms. The van der Waals surface area contributed by atoms with E-state index in [2.05, 4.69) is 0 Å². The number of methoxy groups -OCH3 is 1. The summed E-state index contributed by atoms with van der Waals surface area (Å²) in [6, 6.07) is 0. The van der Waals surface area contributed by atoms with E-state index in [4.69, 9.17) is 4.74 Å². The fourth-order valence-electron chi connectivity index (χ4n) is 1.68. The third-order valence-corrected chi connectivity index (χ3v) is 4.26. The summed E-state index contributed by atoms with van der Waals surface area (Å²) in [4.78, 5) is 11.5. The lowest BCUT2D eigenvalue weighted by atomic mass is 10.1. The zero-order valence-corrected chi connectivity index (χ0v) is 12.5. The Balaban J connectivity index is 3.97. The lowest BCUT2D eigenvalue weighted by molar-refractivity contribution is -0.140. The summed E-state index contributed by atoms with van der Waals surface area (Å²) in [6.07, 6.45) is 0.775. The van der Waals surface area contributed by atoms with Crippen LogP contribution >= 0.6 is 11.8 Å². The minimum Gasteiger partial charge on any atom is -0.468 e. The molecular formula is C13H24F2O2S. The monoisotopic (exact) mass is 282 g/mol. The van der Waals surface area contributed by atoms with E-state index >= 15 is 0 Å². The van der Waals surface area contributed by atoms with Gasteiger partial charge >= 0.3 is 5.97 Å². The summed E-state index contributed by atoms with van der Waals surface area (Å²) in [5, 5.41) is -0.255. The first-order valence-corrected chi connectivity index (χ1v) is 7.46. The number of carbonyl (C=O) groups excluding carboxylic acids is 1. The number of rotatable bonds is 9. The maximum atomic E-state index is 13.2. The first kappa shape index (κ1) is 17.7. The number of hydrogen-bond acceptors (Lipinski definition) is 3. The van der Waals surface area contributed by atoms with Crippen LogP contribution in [0, 0.1) is 5.92 Å². The van der Waals surface area contributed by atoms with Crippen molar-refractivity contribution in [2.45, 2.75) is 57.6 Å². The molecule has 0 heterocycles. The molecule has 0 amide bonds. The minimum atomic E-state index is -2.56. The third-order valence-electron chi connectivity index (χ3n) is 2.64. The number of hydrogen-bond donors (Lipinski definition) is 0. The van der Waals surface area contributed by atoms with E-state index in [9.17, 15) is 13.6 Å². The molecule has 0 aliphatic carbocycles. The molecule has 0 spiro atoms. The first-order chi connectivity index (χ1) is 8.34. The van der Waals surface area contributed by atoms with Gasteiger partial charge in [0.05, 0.1) is 7.11 Å². The highest BCUT2D eigenvalue weighted by molar-refractivity contribution is 8.00. The molecule has 2 nitrogen and oxygen atoms in total. The lowest BCUT2D eigenvalue weighted by Gasteiger charge is -2.19. The number of thioether (sulfide) groups is 1. The van der Waals surface area contributed by atoms with Crippen molar-refractivity contribution in [1.29, 1.82) is 0 Å². The van der Waals surface area contributed by atoms with Crippen molar-refractivity contribution in [3.8, 4) is 0 Å². The van der Waals surface area contributed by atoms with E-state index in [1.54, 1.807) is 6.92 Å². The van der Waals surface area contributed by atoms with E-state index in [-0.39, 0.29) is 30.0 Å². The topological polar surface area (TPSA) is 26.3 Å². The highest BCUT2D eigenvalue weighted by Gasteiger charge is 2.28. The molecular weight excluding hydrogens is 258 g/mol. The van der Waals surface area contributed by atoms with Gasteiger partial charge in [-0.05, 0) is 18.1 Å². The van der Waals surface area contributed by atoms with Crippen LogP contribution in [0.3, 0.4) is 0 Å². The third kappa shape index (κ3) is 7.19. The maximum Gasteiger partial charge on any atom is 0.319 e. The Morgan fingerprint density at radius 1 is 1.33 bits per heavy atom. The predicted molar refractivity (Wildman–Crippen MR) is 72.2 cm³/mol. The molecule has 0 rings (SSSR count). The standard InChI is InChI=1S/C13H24F2O2S/c1-5-7-13(14,15)8-6-9-18-11(10(2)3)12(16)17-4/h10-11H,5-9H2,1-4H3. The molecule has 1 atom stereocenters. The smallest absolute Gasteiger partial charge is 0.319 e. The Bertz CT molecular complexity index is 245. The van der Waals surface area contributed by atoms with Crippen LogP contribution in [0.15, 0.2) is 0 Å². The van der Waals surface area contributed by atoms with Gasteiger partial charge in [0.25, 0.3) is 0 Å². The Morgan fingerprint density at radius 3 is 2.39 bits per heavy atom. The van der Waals surface area contributed by atoms with Gasteiger partial charge in [-0.25, -0.2) is 8.78 Å². The normalized spacial score (nSPS) is 13.7. The molecule has 0 aliphatic heterocycles. The van der Waals surface area contributed by atoms with E-state index in [0.29, 0.717) is 18.6 Å². The summed E-state index contributed by atoms with van der Waals surface area (Å²) < 4.78 is 31.2. The average molecular weight is 282 g/mol. The number of ether oxygens (including phenoxy) is 1. The van der Waals surface area contributed by atoms with Gasteiger partial charge in [0.2, 0.25) is 5.92 Å². The zero-order chi connectivity index (χ0) is 14.2. The second kappa shape index (κ2) is 8.73. The van der Waals surface area contributed by atoms with E-state index < -0.39 is 5.92 Å². The Hall–Kier alpha value is -0.320. The van der Waals surface area contributed by atoms with Crippen LogP contribution in [0.25, 0.3) is 0 Å². The summed E-state index contributed by atoms with van der Waals surface area (Å²) in [5.74, 6) is -2.11. The highest BCUT2D eigenvalue weighted by Crippen LogP contribution is 2.28. The van der Waals surface area contributed by atoms with Crippen LogP contribution in [0.4, 0.5) is 8.78 Å². The summed E-state index contributed by atoms with van der Waals surface area (Å²) in [7, 11) is 1.35. The molecule has 108 valence electrons. The molecule has 0 fully saturated rings. The quantitative estimate of drug-likeness (QED) is 0.470. The van der Waals surface area contributed by atoms with Gasteiger partial charge in [-0.3, -0.25) is 4.79 Å². The van der Waals surface area contributed by atoms with Crippen LogP contribution < -0.4 is 0 Å². The van der Waals surface area contributed by atoms with Gasteiger partial charge in [-0.1, -0.05) is 27.2 Å². The van der Waals surface area contributed by atoms with Crippen LogP contribution in [-0.4, -0.2) is 30.0 Å². The Labute approximate surface area is 113 Å².